The van der Waals surface area contributed by atoms with E-state index in [1.807, 2.05) is 41.3 Å². The first-order valence-electron chi connectivity index (χ1n) is 10.3. The van der Waals surface area contributed by atoms with E-state index in [1.165, 1.54) is 17.3 Å². The first-order valence-corrected chi connectivity index (χ1v) is 13.0. The summed E-state index contributed by atoms with van der Waals surface area (Å²) < 4.78 is 29.8. The molecule has 2 atom stereocenters. The van der Waals surface area contributed by atoms with Gasteiger partial charge in [0, 0.05) is 16.5 Å². The maximum absolute atomic E-state index is 12.8. The second kappa shape index (κ2) is 8.67. The van der Waals surface area contributed by atoms with Crippen molar-refractivity contribution in [2.45, 2.75) is 37.5 Å². The highest BCUT2D eigenvalue weighted by molar-refractivity contribution is 8.16. The second-order valence-corrected chi connectivity index (χ2v) is 11.6. The van der Waals surface area contributed by atoms with Crippen molar-refractivity contribution in [3.05, 3.63) is 59.7 Å². The fourth-order valence-corrected chi connectivity index (χ4v) is 7.98. The molecule has 0 N–H and O–H groups in total. The molecule has 2 saturated heterocycles. The number of benzene rings is 2. The quantitative estimate of drug-likeness (QED) is 0.681. The highest BCUT2D eigenvalue weighted by Gasteiger charge is 2.49. The van der Waals surface area contributed by atoms with Crippen molar-refractivity contribution in [1.29, 1.82) is 0 Å². The van der Waals surface area contributed by atoms with Crippen molar-refractivity contribution in [2.75, 3.05) is 23.5 Å². The molecule has 1 amide bonds. The van der Waals surface area contributed by atoms with Gasteiger partial charge in [0.1, 0.15) is 5.75 Å². The molecule has 2 fully saturated rings. The smallest absolute Gasteiger partial charge is 0.252 e. The third-order valence-electron chi connectivity index (χ3n) is 5.66. The lowest BCUT2D eigenvalue weighted by molar-refractivity contribution is -0.117. The zero-order valence-electron chi connectivity index (χ0n) is 17.8. The fourth-order valence-electron chi connectivity index (χ4n) is 4.04. The Hall–Kier alpha value is -2.32. The molecule has 2 heterocycles. The number of aliphatic imine (C=N–C) groups is 1. The Morgan fingerprint density at radius 1 is 1.16 bits per heavy atom. The van der Waals surface area contributed by atoms with E-state index in [2.05, 4.69) is 31.0 Å². The van der Waals surface area contributed by atoms with Crippen LogP contribution < -0.4 is 9.64 Å². The Kier molecular flexibility index (Phi) is 6.12. The van der Waals surface area contributed by atoms with Crippen LogP contribution in [-0.2, 0) is 21.1 Å². The van der Waals surface area contributed by atoms with Crippen molar-refractivity contribution in [1.82, 2.24) is 0 Å². The third kappa shape index (κ3) is 4.65. The number of amidine groups is 1. The molecule has 0 aliphatic carbocycles. The fraction of sp³-hybridized carbons (Fsp3) is 0.391. The predicted octanol–water partition coefficient (Wildman–Crippen LogP) is 3.66. The second-order valence-electron chi connectivity index (χ2n) is 8.19. The zero-order valence-corrected chi connectivity index (χ0v) is 19.4. The van der Waals surface area contributed by atoms with Crippen LogP contribution in [0.1, 0.15) is 30.9 Å². The first kappa shape index (κ1) is 21.9. The van der Waals surface area contributed by atoms with E-state index in [-0.39, 0.29) is 35.1 Å². The molecular weight excluding hydrogens is 432 g/mol. The van der Waals surface area contributed by atoms with Crippen molar-refractivity contribution in [3.63, 3.8) is 0 Å². The SMILES string of the molecule is COc1ccccc1CC(=O)N=C1S[C@H]2CS(=O)(=O)C[C@@H]2N1c1ccc(C(C)C)cc1. The maximum atomic E-state index is 12.8. The summed E-state index contributed by atoms with van der Waals surface area (Å²) in [7, 11) is -1.52. The van der Waals surface area contributed by atoms with Gasteiger partial charge in [0.25, 0.3) is 5.91 Å². The number of thioether (sulfide) groups is 1. The van der Waals surface area contributed by atoms with Gasteiger partial charge in [-0.15, -0.1) is 0 Å². The van der Waals surface area contributed by atoms with Gasteiger partial charge in [0.05, 0.1) is 31.1 Å². The van der Waals surface area contributed by atoms with Gasteiger partial charge in [-0.05, 0) is 29.7 Å². The zero-order chi connectivity index (χ0) is 22.2. The van der Waals surface area contributed by atoms with Crippen LogP contribution >= 0.6 is 11.8 Å². The number of fused-ring (bicyclic) bond motifs is 1. The van der Waals surface area contributed by atoms with E-state index in [1.54, 1.807) is 7.11 Å². The van der Waals surface area contributed by atoms with Crippen molar-refractivity contribution < 1.29 is 17.9 Å². The number of carbonyl (C=O) groups is 1. The van der Waals surface area contributed by atoms with Crippen LogP contribution in [0.5, 0.6) is 5.75 Å². The lowest BCUT2D eigenvalue weighted by Crippen LogP contribution is -2.37. The van der Waals surface area contributed by atoms with E-state index >= 15 is 0 Å². The largest absolute Gasteiger partial charge is 0.496 e. The molecule has 8 heteroatoms. The molecule has 0 radical (unpaired) electrons. The summed E-state index contributed by atoms with van der Waals surface area (Å²) in [4.78, 5) is 19.1. The lowest BCUT2D eigenvalue weighted by atomic mass is 10.0. The predicted molar refractivity (Wildman–Crippen MR) is 126 cm³/mol. The molecule has 0 saturated carbocycles. The first-order chi connectivity index (χ1) is 14.8. The van der Waals surface area contributed by atoms with Crippen LogP contribution in [0.15, 0.2) is 53.5 Å². The Morgan fingerprint density at radius 2 is 1.87 bits per heavy atom. The van der Waals surface area contributed by atoms with E-state index < -0.39 is 9.84 Å². The summed E-state index contributed by atoms with van der Waals surface area (Å²) in [5.41, 5.74) is 2.85. The number of hydrogen-bond acceptors (Lipinski definition) is 5. The van der Waals surface area contributed by atoms with Gasteiger partial charge < -0.3 is 9.64 Å². The summed E-state index contributed by atoms with van der Waals surface area (Å²) in [5.74, 6) is 0.967. The van der Waals surface area contributed by atoms with Gasteiger partial charge in [-0.3, -0.25) is 4.79 Å². The van der Waals surface area contributed by atoms with E-state index in [9.17, 15) is 13.2 Å². The summed E-state index contributed by atoms with van der Waals surface area (Å²) in [6, 6.07) is 15.3. The minimum Gasteiger partial charge on any atom is -0.496 e. The Bertz CT molecular complexity index is 1110. The number of rotatable bonds is 5. The molecule has 0 unspecified atom stereocenters. The van der Waals surface area contributed by atoms with E-state index in [0.29, 0.717) is 16.8 Å². The number of carbonyl (C=O) groups excluding carboxylic acids is 1. The number of amides is 1. The van der Waals surface area contributed by atoms with Gasteiger partial charge in [0.2, 0.25) is 0 Å². The van der Waals surface area contributed by atoms with Crippen LogP contribution in [0.2, 0.25) is 0 Å². The van der Waals surface area contributed by atoms with E-state index in [0.717, 1.165) is 11.3 Å². The average Bonchev–Trinajstić information content (AvgIpc) is 3.19. The Morgan fingerprint density at radius 3 is 2.55 bits per heavy atom. The molecular formula is C23H26N2O4S2. The molecule has 2 aromatic carbocycles. The van der Waals surface area contributed by atoms with Crippen LogP contribution in [0.3, 0.4) is 0 Å². The minimum atomic E-state index is -3.10. The Balaban J connectivity index is 1.64. The molecule has 31 heavy (non-hydrogen) atoms. The topological polar surface area (TPSA) is 76.0 Å². The molecule has 0 bridgehead atoms. The summed E-state index contributed by atoms with van der Waals surface area (Å²) >= 11 is 1.39. The monoisotopic (exact) mass is 458 g/mol. The van der Waals surface area contributed by atoms with Crippen LogP contribution in [0, 0.1) is 0 Å². The summed E-state index contributed by atoms with van der Waals surface area (Å²) in [5, 5.41) is 0.453. The van der Waals surface area contributed by atoms with Crippen molar-refractivity contribution >= 4 is 38.4 Å². The van der Waals surface area contributed by atoms with Crippen molar-refractivity contribution in [2.24, 2.45) is 4.99 Å². The molecule has 2 aliphatic heterocycles. The molecule has 2 aromatic rings. The number of para-hydroxylation sites is 1. The highest BCUT2D eigenvalue weighted by atomic mass is 32.2. The summed E-state index contributed by atoms with van der Waals surface area (Å²) in [6.07, 6.45) is 0.127. The van der Waals surface area contributed by atoms with Gasteiger partial charge in [-0.2, -0.15) is 4.99 Å². The third-order valence-corrected chi connectivity index (χ3v) is 8.87. The average molecular weight is 459 g/mol. The molecule has 0 aromatic heterocycles. The highest BCUT2D eigenvalue weighted by Crippen LogP contribution is 2.41. The molecule has 6 nitrogen and oxygen atoms in total. The normalized spacial score (nSPS) is 23.4. The Labute approximate surface area is 187 Å². The maximum Gasteiger partial charge on any atom is 0.252 e. The van der Waals surface area contributed by atoms with Crippen LogP contribution in [0.25, 0.3) is 0 Å². The lowest BCUT2D eigenvalue weighted by Gasteiger charge is -2.25. The number of nitrogens with zero attached hydrogens (tertiary/aromatic N) is 2. The number of hydrogen-bond donors (Lipinski definition) is 0. The van der Waals surface area contributed by atoms with Gasteiger partial charge in [0.15, 0.2) is 15.0 Å². The van der Waals surface area contributed by atoms with E-state index in [4.69, 9.17) is 4.74 Å². The number of anilines is 1. The summed E-state index contributed by atoms with van der Waals surface area (Å²) in [6.45, 7) is 4.26. The number of ether oxygens (including phenoxy) is 1. The minimum absolute atomic E-state index is 0.0797. The standard InChI is InChI=1S/C23H26N2O4S2/c1-15(2)16-8-10-18(11-9-16)25-19-13-31(27,28)14-21(19)30-23(25)24-22(26)12-17-6-4-5-7-20(17)29-3/h4-11,15,19,21H,12-14H2,1-3H3/t19-,21-/m0/s1. The molecule has 164 valence electrons. The van der Waals surface area contributed by atoms with Gasteiger partial charge >= 0.3 is 0 Å². The number of methoxy groups -OCH3 is 1. The molecule has 4 rings (SSSR count). The molecule has 0 spiro atoms. The van der Waals surface area contributed by atoms with Crippen LogP contribution in [-0.4, -0.2) is 49.4 Å². The van der Waals surface area contributed by atoms with Gasteiger partial charge in [-0.25, -0.2) is 8.42 Å². The van der Waals surface area contributed by atoms with Gasteiger partial charge in [-0.1, -0.05) is 55.9 Å². The molecule has 2 aliphatic rings. The van der Waals surface area contributed by atoms with Crippen molar-refractivity contribution in [3.8, 4) is 5.75 Å². The van der Waals surface area contributed by atoms with Crippen LogP contribution in [0.4, 0.5) is 5.69 Å². The number of sulfone groups is 1.